The van der Waals surface area contributed by atoms with Crippen LogP contribution in [-0.4, -0.2) is 39.3 Å². The van der Waals surface area contributed by atoms with Crippen LogP contribution in [0.4, 0.5) is 0 Å². The minimum Gasteiger partial charge on any atom is -0.484 e. The van der Waals surface area contributed by atoms with Gasteiger partial charge in [0.25, 0.3) is 11.1 Å². The van der Waals surface area contributed by atoms with Gasteiger partial charge in [-0.3, -0.25) is 4.79 Å². The van der Waals surface area contributed by atoms with Gasteiger partial charge < -0.3 is 14.1 Å². The maximum Gasteiger partial charge on any atom is 0.277 e. The molecule has 0 N–H and O–H groups in total. The lowest BCUT2D eigenvalue weighted by atomic mass is 9.94. The van der Waals surface area contributed by atoms with Gasteiger partial charge in [-0.2, -0.15) is 0 Å². The van der Waals surface area contributed by atoms with Gasteiger partial charge in [-0.15, -0.1) is 10.2 Å². The van der Waals surface area contributed by atoms with E-state index in [9.17, 15) is 4.79 Å². The number of amides is 1. The number of aryl methyl sites for hydroxylation is 2. The molecule has 1 aliphatic rings. The Bertz CT molecular complexity index is 787. The van der Waals surface area contributed by atoms with E-state index in [0.29, 0.717) is 22.9 Å². The topological polar surface area (TPSA) is 68.5 Å². The van der Waals surface area contributed by atoms with Crippen LogP contribution in [0, 0.1) is 13.8 Å². The van der Waals surface area contributed by atoms with Gasteiger partial charge in [0.1, 0.15) is 5.75 Å². The van der Waals surface area contributed by atoms with Gasteiger partial charge in [-0.05, 0) is 50.8 Å². The summed E-state index contributed by atoms with van der Waals surface area (Å²) in [7, 11) is 0. The number of aromatic nitrogens is 2. The van der Waals surface area contributed by atoms with E-state index in [1.54, 1.807) is 0 Å². The second-order valence-electron chi connectivity index (χ2n) is 7.28. The largest absolute Gasteiger partial charge is 0.484 e. The number of carbonyl (C=O) groups excluding carboxylic acids is 1. The van der Waals surface area contributed by atoms with Gasteiger partial charge in [0.15, 0.2) is 6.61 Å². The zero-order valence-electron chi connectivity index (χ0n) is 16.9. The second kappa shape index (κ2) is 9.96. The summed E-state index contributed by atoms with van der Waals surface area (Å²) in [5, 5.41) is 8.47. The Balaban J connectivity index is 1.50. The van der Waals surface area contributed by atoms with Crippen LogP contribution in [0.5, 0.6) is 5.75 Å². The maximum atomic E-state index is 12.6. The summed E-state index contributed by atoms with van der Waals surface area (Å²) in [6, 6.07) is 6.45. The van der Waals surface area contributed by atoms with Crippen molar-refractivity contribution < 1.29 is 13.9 Å². The van der Waals surface area contributed by atoms with Crippen molar-refractivity contribution in [1.29, 1.82) is 0 Å². The minimum absolute atomic E-state index is 0.144. The predicted molar refractivity (Wildman–Crippen MR) is 110 cm³/mol. The highest BCUT2D eigenvalue weighted by molar-refractivity contribution is 7.99. The summed E-state index contributed by atoms with van der Waals surface area (Å²) in [4.78, 5) is 14.6. The van der Waals surface area contributed by atoms with E-state index >= 15 is 0 Å². The van der Waals surface area contributed by atoms with Crippen LogP contribution in [0.3, 0.4) is 0 Å². The summed E-state index contributed by atoms with van der Waals surface area (Å²) in [6.07, 6.45) is 5.95. The molecular formula is C21H29N3O3S. The Morgan fingerprint density at radius 3 is 2.79 bits per heavy atom. The average molecular weight is 404 g/mol. The number of rotatable bonds is 8. The van der Waals surface area contributed by atoms with Crippen molar-refractivity contribution >= 4 is 17.7 Å². The van der Waals surface area contributed by atoms with Crippen molar-refractivity contribution in [2.75, 3.05) is 12.3 Å². The standard InChI is InChI=1S/C21H29N3O3S/c1-4-24(17-8-6-5-7-9-17)20(25)14-28-21-23-22-19(27-21)13-26-18-12-15(2)10-11-16(18)3/h10-12,17H,4-9,13-14H2,1-3H3. The van der Waals surface area contributed by atoms with Crippen LogP contribution in [0.15, 0.2) is 27.8 Å². The van der Waals surface area contributed by atoms with Crippen molar-refractivity contribution in [3.05, 3.63) is 35.2 Å². The number of thioether (sulfide) groups is 1. The summed E-state index contributed by atoms with van der Waals surface area (Å²) in [5.41, 5.74) is 2.20. The third-order valence-corrected chi connectivity index (χ3v) is 5.94. The number of carbonyl (C=O) groups is 1. The minimum atomic E-state index is 0.144. The third-order valence-electron chi connectivity index (χ3n) is 5.14. The highest BCUT2D eigenvalue weighted by Gasteiger charge is 2.24. The molecule has 3 rings (SSSR count). The molecule has 1 amide bonds. The first-order valence-corrected chi connectivity index (χ1v) is 11.0. The van der Waals surface area contributed by atoms with E-state index in [1.165, 1.54) is 31.0 Å². The molecule has 1 saturated carbocycles. The quantitative estimate of drug-likeness (QED) is 0.603. The average Bonchev–Trinajstić information content (AvgIpc) is 3.16. The zero-order chi connectivity index (χ0) is 19.9. The molecule has 152 valence electrons. The summed E-state index contributed by atoms with van der Waals surface area (Å²) in [5.74, 6) is 1.69. The van der Waals surface area contributed by atoms with Crippen LogP contribution >= 0.6 is 11.8 Å². The van der Waals surface area contributed by atoms with Gasteiger partial charge in [-0.1, -0.05) is 43.2 Å². The Morgan fingerprint density at radius 1 is 1.25 bits per heavy atom. The fourth-order valence-corrected chi connectivity index (χ4v) is 4.26. The molecule has 6 nitrogen and oxygen atoms in total. The number of ether oxygens (including phenoxy) is 1. The molecule has 28 heavy (non-hydrogen) atoms. The Hall–Kier alpha value is -2.02. The SMILES string of the molecule is CCN(C(=O)CSc1nnc(COc2cc(C)ccc2C)o1)C1CCCCC1. The number of hydrogen-bond acceptors (Lipinski definition) is 6. The molecule has 0 atom stereocenters. The van der Waals surface area contributed by atoms with E-state index in [4.69, 9.17) is 9.15 Å². The van der Waals surface area contributed by atoms with Crippen LogP contribution in [0.2, 0.25) is 0 Å². The van der Waals surface area contributed by atoms with Crippen molar-refractivity contribution in [3.63, 3.8) is 0 Å². The number of benzene rings is 1. The first-order valence-electron chi connectivity index (χ1n) is 10.0. The van der Waals surface area contributed by atoms with Crippen LogP contribution in [-0.2, 0) is 11.4 Å². The van der Waals surface area contributed by atoms with Gasteiger partial charge in [0, 0.05) is 12.6 Å². The molecule has 1 heterocycles. The highest BCUT2D eigenvalue weighted by Crippen LogP contribution is 2.25. The zero-order valence-corrected chi connectivity index (χ0v) is 17.8. The lowest BCUT2D eigenvalue weighted by Gasteiger charge is -2.33. The van der Waals surface area contributed by atoms with Gasteiger partial charge in [0.2, 0.25) is 5.91 Å². The van der Waals surface area contributed by atoms with E-state index in [-0.39, 0.29) is 12.5 Å². The molecule has 1 aromatic carbocycles. The Labute approximate surface area is 171 Å². The summed E-state index contributed by atoms with van der Waals surface area (Å²) < 4.78 is 11.4. The Kier molecular flexibility index (Phi) is 7.36. The van der Waals surface area contributed by atoms with Crippen LogP contribution in [0.25, 0.3) is 0 Å². The molecule has 0 spiro atoms. The van der Waals surface area contributed by atoms with E-state index in [2.05, 4.69) is 10.2 Å². The smallest absolute Gasteiger partial charge is 0.277 e. The molecular weight excluding hydrogens is 374 g/mol. The van der Waals surface area contributed by atoms with E-state index in [1.807, 2.05) is 43.9 Å². The van der Waals surface area contributed by atoms with Crippen LogP contribution in [0.1, 0.15) is 56.0 Å². The molecule has 0 radical (unpaired) electrons. The van der Waals surface area contributed by atoms with Gasteiger partial charge >= 0.3 is 0 Å². The molecule has 0 bridgehead atoms. The normalized spacial score (nSPS) is 14.8. The van der Waals surface area contributed by atoms with Gasteiger partial charge in [-0.25, -0.2) is 0 Å². The molecule has 0 unspecified atom stereocenters. The monoisotopic (exact) mass is 403 g/mol. The number of nitrogens with zero attached hydrogens (tertiary/aromatic N) is 3. The first-order chi connectivity index (χ1) is 13.6. The van der Waals surface area contributed by atoms with E-state index < -0.39 is 0 Å². The number of hydrogen-bond donors (Lipinski definition) is 0. The molecule has 0 aliphatic heterocycles. The molecule has 7 heteroatoms. The molecule has 2 aromatic rings. The summed E-state index contributed by atoms with van der Waals surface area (Å²) in [6.45, 7) is 7.04. The predicted octanol–water partition coefficient (Wildman–Crippen LogP) is 4.54. The first kappa shape index (κ1) is 20.7. The van der Waals surface area contributed by atoms with Crippen molar-refractivity contribution in [3.8, 4) is 5.75 Å². The van der Waals surface area contributed by atoms with E-state index in [0.717, 1.165) is 36.3 Å². The Morgan fingerprint density at radius 2 is 2.04 bits per heavy atom. The molecule has 1 aliphatic carbocycles. The van der Waals surface area contributed by atoms with Crippen molar-refractivity contribution in [2.24, 2.45) is 0 Å². The lowest BCUT2D eigenvalue weighted by molar-refractivity contribution is -0.131. The van der Waals surface area contributed by atoms with Crippen molar-refractivity contribution in [1.82, 2.24) is 15.1 Å². The molecule has 1 aromatic heterocycles. The maximum absolute atomic E-state index is 12.6. The molecule has 1 fully saturated rings. The second-order valence-corrected chi connectivity index (χ2v) is 8.21. The van der Waals surface area contributed by atoms with Crippen molar-refractivity contribution in [2.45, 2.75) is 70.7 Å². The third kappa shape index (κ3) is 5.50. The lowest BCUT2D eigenvalue weighted by Crippen LogP contribution is -2.42. The van der Waals surface area contributed by atoms with Crippen LogP contribution < -0.4 is 4.74 Å². The molecule has 0 saturated heterocycles. The summed E-state index contributed by atoms with van der Waals surface area (Å²) >= 11 is 1.30. The van der Waals surface area contributed by atoms with Gasteiger partial charge in [0.05, 0.1) is 5.75 Å². The fourth-order valence-electron chi connectivity index (χ4n) is 3.59. The fraction of sp³-hybridized carbons (Fsp3) is 0.571. The highest BCUT2D eigenvalue weighted by atomic mass is 32.2.